The quantitative estimate of drug-likeness (QED) is 0.639. The van der Waals surface area contributed by atoms with Crippen LogP contribution in [0.25, 0.3) is 0 Å². The Hall–Kier alpha value is -0.810. The van der Waals surface area contributed by atoms with E-state index < -0.39 is 6.04 Å². The molecule has 94 valence electrons. The molecule has 0 spiro atoms. The van der Waals surface area contributed by atoms with Crippen molar-refractivity contribution in [2.45, 2.75) is 26.3 Å². The van der Waals surface area contributed by atoms with Gasteiger partial charge in [0, 0.05) is 13.1 Å². The van der Waals surface area contributed by atoms with Crippen molar-refractivity contribution in [2.24, 2.45) is 5.92 Å². The second-order valence-corrected chi connectivity index (χ2v) is 3.81. The molecule has 0 aromatic heterocycles. The predicted molar refractivity (Wildman–Crippen MR) is 64.5 cm³/mol. The molecule has 1 saturated heterocycles. The van der Waals surface area contributed by atoms with Gasteiger partial charge in [-0.2, -0.15) is 0 Å². The zero-order valence-electron chi connectivity index (χ0n) is 9.71. The number of carbonyl (C=O) groups is 2. The Kier molecular flexibility index (Phi) is 7.08. The second-order valence-electron chi connectivity index (χ2n) is 3.81. The van der Waals surface area contributed by atoms with Crippen molar-refractivity contribution in [1.29, 1.82) is 0 Å². The van der Waals surface area contributed by atoms with Gasteiger partial charge in [0.15, 0.2) is 0 Å². The van der Waals surface area contributed by atoms with Crippen molar-refractivity contribution < 1.29 is 9.59 Å². The molecule has 0 aromatic rings. The first-order valence-corrected chi connectivity index (χ1v) is 5.44. The summed E-state index contributed by atoms with van der Waals surface area (Å²) in [5.41, 5.74) is 0. The SMILES string of the molecule is CCNC(=O)C(C)NC(=O)[C@H]1CCNC1.Cl. The van der Waals surface area contributed by atoms with Crippen LogP contribution in [-0.4, -0.2) is 37.5 Å². The Morgan fingerprint density at radius 2 is 2.19 bits per heavy atom. The molecule has 1 fully saturated rings. The molecule has 0 saturated carbocycles. The van der Waals surface area contributed by atoms with Crippen molar-refractivity contribution in [3.05, 3.63) is 0 Å². The summed E-state index contributed by atoms with van der Waals surface area (Å²) >= 11 is 0. The average molecular weight is 250 g/mol. The molecule has 16 heavy (non-hydrogen) atoms. The smallest absolute Gasteiger partial charge is 0.242 e. The maximum absolute atomic E-state index is 11.6. The van der Waals surface area contributed by atoms with E-state index in [2.05, 4.69) is 16.0 Å². The normalized spacial score (nSPS) is 20.8. The van der Waals surface area contributed by atoms with Crippen LogP contribution in [0, 0.1) is 5.92 Å². The number of halogens is 1. The van der Waals surface area contributed by atoms with E-state index in [1.54, 1.807) is 6.92 Å². The largest absolute Gasteiger partial charge is 0.355 e. The van der Waals surface area contributed by atoms with E-state index in [-0.39, 0.29) is 30.1 Å². The van der Waals surface area contributed by atoms with Crippen molar-refractivity contribution >= 4 is 24.2 Å². The lowest BCUT2D eigenvalue weighted by atomic mass is 10.1. The summed E-state index contributed by atoms with van der Waals surface area (Å²) in [4.78, 5) is 23.0. The van der Waals surface area contributed by atoms with E-state index in [0.29, 0.717) is 13.1 Å². The Labute approximate surface area is 102 Å². The molecule has 1 aliphatic rings. The summed E-state index contributed by atoms with van der Waals surface area (Å²) < 4.78 is 0. The predicted octanol–water partition coefficient (Wildman–Crippen LogP) is -0.341. The van der Waals surface area contributed by atoms with Crippen LogP contribution >= 0.6 is 12.4 Å². The van der Waals surface area contributed by atoms with Gasteiger partial charge in [-0.05, 0) is 26.8 Å². The van der Waals surface area contributed by atoms with Crippen LogP contribution in [-0.2, 0) is 9.59 Å². The fourth-order valence-corrected chi connectivity index (χ4v) is 1.60. The van der Waals surface area contributed by atoms with Gasteiger partial charge in [0.1, 0.15) is 6.04 Å². The number of hydrogen-bond donors (Lipinski definition) is 3. The molecule has 1 unspecified atom stereocenters. The molecule has 5 nitrogen and oxygen atoms in total. The van der Waals surface area contributed by atoms with Gasteiger partial charge < -0.3 is 16.0 Å². The maximum Gasteiger partial charge on any atom is 0.242 e. The van der Waals surface area contributed by atoms with E-state index >= 15 is 0 Å². The number of rotatable bonds is 4. The van der Waals surface area contributed by atoms with Crippen LogP contribution in [0.5, 0.6) is 0 Å². The maximum atomic E-state index is 11.6. The van der Waals surface area contributed by atoms with Gasteiger partial charge in [0.25, 0.3) is 0 Å². The molecule has 1 heterocycles. The van der Waals surface area contributed by atoms with Crippen molar-refractivity contribution in [1.82, 2.24) is 16.0 Å². The number of hydrogen-bond acceptors (Lipinski definition) is 3. The van der Waals surface area contributed by atoms with E-state index in [4.69, 9.17) is 0 Å². The molecule has 2 atom stereocenters. The third-order valence-electron chi connectivity index (χ3n) is 2.53. The highest BCUT2D eigenvalue weighted by molar-refractivity contribution is 5.88. The van der Waals surface area contributed by atoms with E-state index in [1.165, 1.54) is 0 Å². The van der Waals surface area contributed by atoms with Crippen LogP contribution in [0.15, 0.2) is 0 Å². The number of likely N-dealkylation sites (N-methyl/N-ethyl adjacent to an activating group) is 1. The van der Waals surface area contributed by atoms with E-state index in [1.807, 2.05) is 6.92 Å². The third kappa shape index (κ3) is 4.37. The fourth-order valence-electron chi connectivity index (χ4n) is 1.60. The Morgan fingerprint density at radius 3 is 2.69 bits per heavy atom. The Bertz CT molecular complexity index is 242. The molecular weight excluding hydrogens is 230 g/mol. The zero-order chi connectivity index (χ0) is 11.3. The lowest BCUT2D eigenvalue weighted by molar-refractivity contribution is -0.130. The van der Waals surface area contributed by atoms with Crippen molar-refractivity contribution in [3.8, 4) is 0 Å². The Morgan fingerprint density at radius 1 is 1.50 bits per heavy atom. The number of carbonyl (C=O) groups excluding carboxylic acids is 2. The summed E-state index contributed by atoms with van der Waals surface area (Å²) in [5.74, 6) is -0.141. The molecule has 0 bridgehead atoms. The minimum atomic E-state index is -0.446. The topological polar surface area (TPSA) is 70.2 Å². The van der Waals surface area contributed by atoms with Crippen LogP contribution in [0.3, 0.4) is 0 Å². The van der Waals surface area contributed by atoms with E-state index in [9.17, 15) is 9.59 Å². The van der Waals surface area contributed by atoms with Gasteiger partial charge in [-0.3, -0.25) is 9.59 Å². The second kappa shape index (κ2) is 7.46. The zero-order valence-corrected chi connectivity index (χ0v) is 10.5. The van der Waals surface area contributed by atoms with Gasteiger partial charge >= 0.3 is 0 Å². The van der Waals surface area contributed by atoms with Gasteiger partial charge in [0.05, 0.1) is 5.92 Å². The monoisotopic (exact) mass is 249 g/mol. The molecule has 0 radical (unpaired) electrons. The lowest BCUT2D eigenvalue weighted by Gasteiger charge is -2.15. The summed E-state index contributed by atoms with van der Waals surface area (Å²) in [5, 5.41) is 8.51. The van der Waals surface area contributed by atoms with Gasteiger partial charge in [-0.15, -0.1) is 12.4 Å². The van der Waals surface area contributed by atoms with Crippen LogP contribution in [0.4, 0.5) is 0 Å². The summed E-state index contributed by atoms with van der Waals surface area (Å²) in [6.07, 6.45) is 0.855. The van der Waals surface area contributed by atoms with E-state index in [0.717, 1.165) is 13.0 Å². The highest BCUT2D eigenvalue weighted by Gasteiger charge is 2.24. The van der Waals surface area contributed by atoms with Crippen LogP contribution < -0.4 is 16.0 Å². The molecule has 1 rings (SSSR count). The van der Waals surface area contributed by atoms with Gasteiger partial charge in [-0.25, -0.2) is 0 Å². The molecule has 3 N–H and O–H groups in total. The van der Waals surface area contributed by atoms with Crippen LogP contribution in [0.2, 0.25) is 0 Å². The summed E-state index contributed by atoms with van der Waals surface area (Å²) in [6, 6.07) is -0.446. The molecular formula is C10H20ClN3O2. The van der Waals surface area contributed by atoms with Gasteiger partial charge in [-0.1, -0.05) is 0 Å². The standard InChI is InChI=1S/C10H19N3O2.ClH/c1-3-12-9(14)7(2)13-10(15)8-4-5-11-6-8;/h7-8,11H,3-6H2,1-2H3,(H,12,14)(H,13,15);1H/t7?,8-;/m0./s1. The van der Waals surface area contributed by atoms with Crippen LogP contribution in [0.1, 0.15) is 20.3 Å². The molecule has 1 aliphatic heterocycles. The lowest BCUT2D eigenvalue weighted by Crippen LogP contribution is -2.47. The van der Waals surface area contributed by atoms with Crippen molar-refractivity contribution in [3.63, 3.8) is 0 Å². The first-order valence-electron chi connectivity index (χ1n) is 5.44. The highest BCUT2D eigenvalue weighted by Crippen LogP contribution is 2.07. The van der Waals surface area contributed by atoms with Crippen molar-refractivity contribution in [2.75, 3.05) is 19.6 Å². The first-order chi connectivity index (χ1) is 7.15. The first kappa shape index (κ1) is 15.2. The Balaban J connectivity index is 0.00000225. The number of amides is 2. The third-order valence-corrected chi connectivity index (χ3v) is 2.53. The minimum Gasteiger partial charge on any atom is -0.355 e. The summed E-state index contributed by atoms with van der Waals surface area (Å²) in [6.45, 7) is 5.74. The molecule has 0 aromatic carbocycles. The summed E-state index contributed by atoms with van der Waals surface area (Å²) in [7, 11) is 0. The average Bonchev–Trinajstić information content (AvgIpc) is 2.70. The molecule has 0 aliphatic carbocycles. The number of nitrogens with one attached hydrogen (secondary N) is 3. The van der Waals surface area contributed by atoms with Gasteiger partial charge in [0.2, 0.25) is 11.8 Å². The molecule has 2 amide bonds. The highest BCUT2D eigenvalue weighted by atomic mass is 35.5. The minimum absolute atomic E-state index is 0. The molecule has 6 heteroatoms. The fraction of sp³-hybridized carbons (Fsp3) is 0.800.